The number of nitrogens with zero attached hydrogens (tertiary/aromatic N) is 2. The second kappa shape index (κ2) is 3.33. The average molecular weight is 203 g/mol. The normalized spacial score (nSPS) is 12.3. The number of aryl methyl sites for hydroxylation is 1. The molecule has 2 aromatic heterocycles. The van der Waals surface area contributed by atoms with Crippen LogP contribution in [0, 0.1) is 12.3 Å². The molecule has 2 rings (SSSR count). The molecule has 0 aliphatic rings. The third-order valence-corrected chi connectivity index (χ3v) is 2.35. The molecule has 0 unspecified atom stereocenters. The van der Waals surface area contributed by atoms with Crippen LogP contribution in [-0.2, 0) is 6.42 Å². The lowest BCUT2D eigenvalue weighted by Gasteiger charge is -2.15. The Kier molecular flexibility index (Phi) is 2.25. The van der Waals surface area contributed by atoms with Gasteiger partial charge >= 0.3 is 0 Å². The number of hydrogen-bond acceptors (Lipinski definition) is 2. The molecule has 0 fully saturated rings. The summed E-state index contributed by atoms with van der Waals surface area (Å²) in [5.74, 6) is 1.03. The SMILES string of the molecule is Cc1ccnc2nc(CC(C)(C)C)[nH]c12. The molecule has 3 heteroatoms. The Morgan fingerprint density at radius 1 is 1.33 bits per heavy atom. The molecule has 1 N–H and O–H groups in total. The highest BCUT2D eigenvalue weighted by Gasteiger charge is 2.14. The van der Waals surface area contributed by atoms with E-state index in [2.05, 4.69) is 42.6 Å². The Hall–Kier alpha value is -1.38. The van der Waals surface area contributed by atoms with Gasteiger partial charge in [0.05, 0.1) is 5.52 Å². The predicted octanol–water partition coefficient (Wildman–Crippen LogP) is 2.85. The van der Waals surface area contributed by atoms with Gasteiger partial charge in [-0.05, 0) is 24.0 Å². The van der Waals surface area contributed by atoms with Gasteiger partial charge in [-0.1, -0.05) is 20.8 Å². The smallest absolute Gasteiger partial charge is 0.177 e. The molecular weight excluding hydrogens is 186 g/mol. The maximum atomic E-state index is 4.49. The fraction of sp³-hybridized carbons (Fsp3) is 0.500. The third-order valence-electron chi connectivity index (χ3n) is 2.35. The minimum absolute atomic E-state index is 0.252. The first-order valence-corrected chi connectivity index (χ1v) is 5.26. The maximum Gasteiger partial charge on any atom is 0.177 e. The van der Waals surface area contributed by atoms with Crippen LogP contribution in [0.3, 0.4) is 0 Å². The van der Waals surface area contributed by atoms with Gasteiger partial charge in [-0.2, -0.15) is 0 Å². The summed E-state index contributed by atoms with van der Waals surface area (Å²) in [6.07, 6.45) is 2.75. The molecule has 0 radical (unpaired) electrons. The van der Waals surface area contributed by atoms with Gasteiger partial charge in [0.1, 0.15) is 5.82 Å². The summed E-state index contributed by atoms with van der Waals surface area (Å²) in [6, 6.07) is 2.00. The molecule has 2 heterocycles. The first-order valence-electron chi connectivity index (χ1n) is 5.26. The molecule has 0 aliphatic heterocycles. The van der Waals surface area contributed by atoms with Gasteiger partial charge < -0.3 is 4.98 Å². The third kappa shape index (κ3) is 2.17. The number of pyridine rings is 1. The Bertz CT molecular complexity index is 477. The second-order valence-corrected chi connectivity index (χ2v) is 5.25. The minimum Gasteiger partial charge on any atom is -0.340 e. The highest BCUT2D eigenvalue weighted by atomic mass is 15.0. The van der Waals surface area contributed by atoms with Crippen LogP contribution in [-0.4, -0.2) is 15.0 Å². The molecule has 0 aliphatic carbocycles. The molecule has 0 bridgehead atoms. The van der Waals surface area contributed by atoms with E-state index in [0.717, 1.165) is 23.4 Å². The van der Waals surface area contributed by atoms with Gasteiger partial charge in [-0.15, -0.1) is 0 Å². The van der Waals surface area contributed by atoms with Crippen LogP contribution < -0.4 is 0 Å². The minimum atomic E-state index is 0.252. The number of H-pyrrole nitrogens is 1. The van der Waals surface area contributed by atoms with Gasteiger partial charge in [0.15, 0.2) is 5.65 Å². The zero-order valence-corrected chi connectivity index (χ0v) is 9.76. The monoisotopic (exact) mass is 203 g/mol. The molecule has 2 aromatic rings. The van der Waals surface area contributed by atoms with Crippen molar-refractivity contribution >= 4 is 11.2 Å². The van der Waals surface area contributed by atoms with E-state index >= 15 is 0 Å². The lowest BCUT2D eigenvalue weighted by molar-refractivity contribution is 0.402. The van der Waals surface area contributed by atoms with Crippen molar-refractivity contribution in [2.24, 2.45) is 5.41 Å². The van der Waals surface area contributed by atoms with Gasteiger partial charge in [-0.25, -0.2) is 9.97 Å². The van der Waals surface area contributed by atoms with Crippen molar-refractivity contribution in [3.05, 3.63) is 23.7 Å². The lowest BCUT2D eigenvalue weighted by atomic mass is 9.92. The van der Waals surface area contributed by atoms with Crippen LogP contribution in [0.5, 0.6) is 0 Å². The van der Waals surface area contributed by atoms with Crippen LogP contribution in [0.25, 0.3) is 11.2 Å². The van der Waals surface area contributed by atoms with Crippen LogP contribution in [0.1, 0.15) is 32.2 Å². The molecule has 0 spiro atoms. The summed E-state index contributed by atoms with van der Waals surface area (Å²) >= 11 is 0. The molecule has 0 atom stereocenters. The standard InChI is InChI=1S/C12H17N3/c1-8-5-6-13-11-10(8)14-9(15-11)7-12(2,3)4/h5-6H,7H2,1-4H3,(H,13,14,15). The Balaban J connectivity index is 2.44. The summed E-state index contributed by atoms with van der Waals surface area (Å²) in [5, 5.41) is 0. The van der Waals surface area contributed by atoms with Crippen molar-refractivity contribution in [1.82, 2.24) is 15.0 Å². The van der Waals surface area contributed by atoms with Crippen molar-refractivity contribution in [2.45, 2.75) is 34.1 Å². The fourth-order valence-electron chi connectivity index (χ4n) is 1.67. The summed E-state index contributed by atoms with van der Waals surface area (Å²) < 4.78 is 0. The summed E-state index contributed by atoms with van der Waals surface area (Å²) in [5.41, 5.74) is 3.35. The van der Waals surface area contributed by atoms with Gasteiger partial charge in [0, 0.05) is 12.6 Å². The zero-order valence-electron chi connectivity index (χ0n) is 9.76. The van der Waals surface area contributed by atoms with E-state index in [1.54, 1.807) is 6.20 Å². The lowest BCUT2D eigenvalue weighted by Crippen LogP contribution is -2.10. The highest BCUT2D eigenvalue weighted by Crippen LogP contribution is 2.21. The maximum absolute atomic E-state index is 4.49. The van der Waals surface area contributed by atoms with Crippen molar-refractivity contribution in [3.63, 3.8) is 0 Å². The summed E-state index contributed by atoms with van der Waals surface area (Å²) in [4.78, 5) is 12.1. The quantitative estimate of drug-likeness (QED) is 0.774. The van der Waals surface area contributed by atoms with E-state index < -0.39 is 0 Å². The van der Waals surface area contributed by atoms with Gasteiger partial charge in [0.25, 0.3) is 0 Å². The van der Waals surface area contributed by atoms with E-state index in [0.29, 0.717) is 0 Å². The Morgan fingerprint density at radius 3 is 2.67 bits per heavy atom. The zero-order chi connectivity index (χ0) is 11.1. The van der Waals surface area contributed by atoms with E-state index in [1.807, 2.05) is 6.07 Å². The van der Waals surface area contributed by atoms with Gasteiger partial charge in [-0.3, -0.25) is 0 Å². The molecule has 3 nitrogen and oxygen atoms in total. The molecule has 0 saturated heterocycles. The number of fused-ring (bicyclic) bond motifs is 1. The average Bonchev–Trinajstić information content (AvgIpc) is 2.45. The molecule has 0 amide bonds. The fourth-order valence-corrected chi connectivity index (χ4v) is 1.67. The van der Waals surface area contributed by atoms with Crippen LogP contribution in [0.4, 0.5) is 0 Å². The number of hydrogen-bond donors (Lipinski definition) is 1. The van der Waals surface area contributed by atoms with Crippen molar-refractivity contribution in [3.8, 4) is 0 Å². The number of aromatic nitrogens is 3. The van der Waals surface area contributed by atoms with Gasteiger partial charge in [0.2, 0.25) is 0 Å². The highest BCUT2D eigenvalue weighted by molar-refractivity contribution is 5.74. The van der Waals surface area contributed by atoms with Crippen LogP contribution >= 0.6 is 0 Å². The Morgan fingerprint density at radius 2 is 2.07 bits per heavy atom. The first-order chi connectivity index (χ1) is 6.96. The van der Waals surface area contributed by atoms with Crippen LogP contribution in [0.15, 0.2) is 12.3 Å². The molecular formula is C12H17N3. The summed E-state index contributed by atoms with van der Waals surface area (Å²) in [6.45, 7) is 8.70. The molecule has 0 saturated carbocycles. The second-order valence-electron chi connectivity index (χ2n) is 5.25. The number of aromatic amines is 1. The van der Waals surface area contributed by atoms with E-state index in [4.69, 9.17) is 0 Å². The van der Waals surface area contributed by atoms with Crippen molar-refractivity contribution in [2.75, 3.05) is 0 Å². The number of nitrogens with one attached hydrogen (secondary N) is 1. The molecule has 0 aromatic carbocycles. The predicted molar refractivity (Wildman–Crippen MR) is 61.8 cm³/mol. The van der Waals surface area contributed by atoms with Crippen molar-refractivity contribution < 1.29 is 0 Å². The summed E-state index contributed by atoms with van der Waals surface area (Å²) in [7, 11) is 0. The topological polar surface area (TPSA) is 41.6 Å². The Labute approximate surface area is 90.0 Å². The largest absolute Gasteiger partial charge is 0.340 e. The molecule has 15 heavy (non-hydrogen) atoms. The first kappa shape index (κ1) is 10.1. The van der Waals surface area contributed by atoms with Crippen molar-refractivity contribution in [1.29, 1.82) is 0 Å². The number of rotatable bonds is 1. The van der Waals surface area contributed by atoms with E-state index in [9.17, 15) is 0 Å². The van der Waals surface area contributed by atoms with Crippen LogP contribution in [0.2, 0.25) is 0 Å². The molecule has 80 valence electrons. The van der Waals surface area contributed by atoms with E-state index in [-0.39, 0.29) is 5.41 Å². The van der Waals surface area contributed by atoms with E-state index in [1.165, 1.54) is 5.56 Å². The number of imidazole rings is 1.